The highest BCUT2D eigenvalue weighted by Gasteiger charge is 2.27. The van der Waals surface area contributed by atoms with Crippen molar-refractivity contribution < 1.29 is 4.79 Å². The third-order valence-electron chi connectivity index (χ3n) is 5.49. The van der Waals surface area contributed by atoms with Gasteiger partial charge in [0, 0.05) is 24.7 Å². The highest BCUT2D eigenvalue weighted by atomic mass is 16.2. The van der Waals surface area contributed by atoms with Gasteiger partial charge in [0.25, 0.3) is 0 Å². The van der Waals surface area contributed by atoms with Crippen molar-refractivity contribution >= 4 is 5.91 Å². The predicted octanol–water partition coefficient (Wildman–Crippen LogP) is 4.46. The molecule has 0 radical (unpaired) electrons. The molecule has 140 valence electrons. The molecule has 26 heavy (non-hydrogen) atoms. The van der Waals surface area contributed by atoms with E-state index in [2.05, 4.69) is 60.2 Å². The number of aromatic nitrogens is 2. The summed E-state index contributed by atoms with van der Waals surface area (Å²) < 4.78 is 2.00. The first-order valence-corrected chi connectivity index (χ1v) is 9.90. The van der Waals surface area contributed by atoms with Crippen LogP contribution in [0.3, 0.4) is 0 Å². The van der Waals surface area contributed by atoms with Crippen molar-refractivity contribution in [3.05, 3.63) is 53.3 Å². The van der Waals surface area contributed by atoms with Gasteiger partial charge in [-0.3, -0.25) is 9.48 Å². The van der Waals surface area contributed by atoms with Crippen molar-refractivity contribution in [3.8, 4) is 0 Å². The summed E-state index contributed by atoms with van der Waals surface area (Å²) in [6, 6.07) is 13.2. The fourth-order valence-corrected chi connectivity index (χ4v) is 4.16. The van der Waals surface area contributed by atoms with E-state index in [1.807, 2.05) is 11.6 Å². The first-order valence-electron chi connectivity index (χ1n) is 9.90. The molecular weight excluding hydrogens is 322 g/mol. The molecule has 0 aliphatic carbocycles. The average molecular weight is 354 g/mol. The Kier molecular flexibility index (Phi) is 6.12. The van der Waals surface area contributed by atoms with Crippen molar-refractivity contribution in [1.82, 2.24) is 14.7 Å². The largest absolute Gasteiger partial charge is 0.340 e. The van der Waals surface area contributed by atoms with Crippen LogP contribution in [0.25, 0.3) is 0 Å². The standard InChI is InChI=1S/C22H31N3O/c1-17-15-18(2)25(23-17)19(3)16-22(26)24-14-8-7-11-21(24)13-12-20-9-5-4-6-10-20/h4-6,9-10,15,19,21H,7-8,11-14,16H2,1-3H3/t19-,21+/m0/s1. The number of aryl methyl sites for hydroxylation is 3. The first-order chi connectivity index (χ1) is 12.5. The molecule has 2 aromatic rings. The molecular formula is C22H31N3O. The Labute approximate surface area is 157 Å². The van der Waals surface area contributed by atoms with Crippen molar-refractivity contribution in [2.24, 2.45) is 0 Å². The van der Waals surface area contributed by atoms with Gasteiger partial charge in [0.2, 0.25) is 5.91 Å². The lowest BCUT2D eigenvalue weighted by molar-refractivity contribution is -0.135. The van der Waals surface area contributed by atoms with Gasteiger partial charge in [-0.2, -0.15) is 5.10 Å². The molecule has 1 aromatic heterocycles. The number of likely N-dealkylation sites (tertiary alicyclic amines) is 1. The SMILES string of the molecule is Cc1cc(C)n([C@@H](C)CC(=O)N2CCCC[C@@H]2CCc2ccccc2)n1. The van der Waals surface area contributed by atoms with Crippen molar-refractivity contribution in [2.45, 2.75) is 71.4 Å². The van der Waals surface area contributed by atoms with E-state index in [4.69, 9.17) is 0 Å². The number of carbonyl (C=O) groups is 1. The average Bonchev–Trinajstić information content (AvgIpc) is 2.99. The molecule has 1 amide bonds. The van der Waals surface area contributed by atoms with Gasteiger partial charge in [-0.1, -0.05) is 30.3 Å². The third kappa shape index (κ3) is 4.54. The van der Waals surface area contributed by atoms with Gasteiger partial charge in [-0.15, -0.1) is 0 Å². The van der Waals surface area contributed by atoms with E-state index in [0.29, 0.717) is 12.5 Å². The molecule has 4 nitrogen and oxygen atoms in total. The molecule has 1 saturated heterocycles. The van der Waals surface area contributed by atoms with Crippen LogP contribution < -0.4 is 0 Å². The fraction of sp³-hybridized carbons (Fsp3) is 0.545. The second kappa shape index (κ2) is 8.52. The second-order valence-electron chi connectivity index (χ2n) is 7.69. The van der Waals surface area contributed by atoms with Crippen molar-refractivity contribution in [3.63, 3.8) is 0 Å². The van der Waals surface area contributed by atoms with Crippen molar-refractivity contribution in [2.75, 3.05) is 6.54 Å². The molecule has 0 saturated carbocycles. The van der Waals surface area contributed by atoms with Gasteiger partial charge < -0.3 is 4.90 Å². The quantitative estimate of drug-likeness (QED) is 0.769. The van der Waals surface area contributed by atoms with Gasteiger partial charge in [-0.05, 0) is 64.5 Å². The zero-order valence-electron chi connectivity index (χ0n) is 16.3. The summed E-state index contributed by atoms with van der Waals surface area (Å²) in [5.74, 6) is 0.280. The van der Waals surface area contributed by atoms with Crippen molar-refractivity contribution in [1.29, 1.82) is 0 Å². The smallest absolute Gasteiger partial charge is 0.224 e. The van der Waals surface area contributed by atoms with Gasteiger partial charge in [0.05, 0.1) is 11.7 Å². The Morgan fingerprint density at radius 1 is 1.23 bits per heavy atom. The maximum Gasteiger partial charge on any atom is 0.224 e. The number of rotatable bonds is 6. The van der Waals surface area contributed by atoms with E-state index in [1.165, 1.54) is 12.0 Å². The minimum atomic E-state index is 0.105. The van der Waals surface area contributed by atoms with Gasteiger partial charge in [0.1, 0.15) is 0 Å². The molecule has 0 unspecified atom stereocenters. The Bertz CT molecular complexity index is 722. The summed E-state index contributed by atoms with van der Waals surface area (Å²) in [6.45, 7) is 7.06. The molecule has 1 aliphatic heterocycles. The third-order valence-corrected chi connectivity index (χ3v) is 5.49. The van der Waals surface area contributed by atoms with E-state index in [9.17, 15) is 4.79 Å². The van der Waals surface area contributed by atoms with Gasteiger partial charge in [-0.25, -0.2) is 0 Å². The lowest BCUT2D eigenvalue weighted by Gasteiger charge is -2.36. The van der Waals surface area contributed by atoms with Crippen LogP contribution in [-0.4, -0.2) is 33.2 Å². The number of amides is 1. The zero-order chi connectivity index (χ0) is 18.5. The first kappa shape index (κ1) is 18.7. The van der Waals surface area contributed by atoms with E-state index < -0.39 is 0 Å². The summed E-state index contributed by atoms with van der Waals surface area (Å²) in [6.07, 6.45) is 6.13. The Balaban J connectivity index is 1.61. The molecule has 2 heterocycles. The Hall–Kier alpha value is -2.10. The molecule has 1 fully saturated rings. The lowest BCUT2D eigenvalue weighted by Crippen LogP contribution is -2.44. The maximum atomic E-state index is 13.0. The summed E-state index contributed by atoms with van der Waals surface area (Å²) in [4.78, 5) is 15.2. The molecule has 2 atom stereocenters. The normalized spacial score (nSPS) is 18.7. The molecule has 3 rings (SSSR count). The highest BCUT2D eigenvalue weighted by Crippen LogP contribution is 2.24. The minimum Gasteiger partial charge on any atom is -0.340 e. The molecule has 0 spiro atoms. The number of piperidine rings is 1. The van der Waals surface area contributed by atoms with Crippen LogP contribution in [0.15, 0.2) is 36.4 Å². The number of hydrogen-bond donors (Lipinski definition) is 0. The van der Waals surface area contributed by atoms with E-state index in [0.717, 1.165) is 43.6 Å². The second-order valence-corrected chi connectivity index (χ2v) is 7.69. The maximum absolute atomic E-state index is 13.0. The highest BCUT2D eigenvalue weighted by molar-refractivity contribution is 5.77. The van der Waals surface area contributed by atoms with Crippen LogP contribution >= 0.6 is 0 Å². The number of carbonyl (C=O) groups excluding carboxylic acids is 1. The van der Waals surface area contributed by atoms with Crippen LogP contribution in [-0.2, 0) is 11.2 Å². The van der Waals surface area contributed by atoms with Crippen LogP contribution in [0.4, 0.5) is 0 Å². The molecule has 0 bridgehead atoms. The fourth-order valence-electron chi connectivity index (χ4n) is 4.16. The van der Waals surface area contributed by atoms with E-state index in [1.54, 1.807) is 0 Å². The van der Waals surface area contributed by atoms with Gasteiger partial charge >= 0.3 is 0 Å². The Morgan fingerprint density at radius 2 is 2.00 bits per heavy atom. The topological polar surface area (TPSA) is 38.1 Å². The monoisotopic (exact) mass is 353 g/mol. The lowest BCUT2D eigenvalue weighted by atomic mass is 9.95. The number of hydrogen-bond acceptors (Lipinski definition) is 2. The van der Waals surface area contributed by atoms with Crippen LogP contribution in [0, 0.1) is 13.8 Å². The molecule has 4 heteroatoms. The molecule has 0 N–H and O–H groups in total. The Morgan fingerprint density at radius 3 is 2.69 bits per heavy atom. The van der Waals surface area contributed by atoms with Crippen LogP contribution in [0.1, 0.15) is 62.0 Å². The molecule has 1 aliphatic rings. The number of benzene rings is 1. The summed E-state index contributed by atoms with van der Waals surface area (Å²) >= 11 is 0. The van der Waals surface area contributed by atoms with Crippen LogP contribution in [0.2, 0.25) is 0 Å². The zero-order valence-corrected chi connectivity index (χ0v) is 16.3. The summed E-state index contributed by atoms with van der Waals surface area (Å²) in [7, 11) is 0. The van der Waals surface area contributed by atoms with Crippen LogP contribution in [0.5, 0.6) is 0 Å². The summed E-state index contributed by atoms with van der Waals surface area (Å²) in [5.41, 5.74) is 3.50. The predicted molar refractivity (Wildman–Crippen MR) is 105 cm³/mol. The van der Waals surface area contributed by atoms with Gasteiger partial charge in [0.15, 0.2) is 0 Å². The number of nitrogens with zero attached hydrogens (tertiary/aromatic N) is 3. The van der Waals surface area contributed by atoms with E-state index in [-0.39, 0.29) is 11.9 Å². The summed E-state index contributed by atoms with van der Waals surface area (Å²) in [5, 5.41) is 4.55. The minimum absolute atomic E-state index is 0.105. The van der Waals surface area contributed by atoms with E-state index >= 15 is 0 Å². The molecule has 1 aromatic carbocycles.